The van der Waals surface area contributed by atoms with Crippen LogP contribution in [0.1, 0.15) is 19.4 Å². The molecule has 2 aromatic heterocycles. The highest BCUT2D eigenvalue weighted by molar-refractivity contribution is 5.67. The molecule has 0 atom stereocenters. The molecular formula is C12H17N5. The molecule has 5 heteroatoms. The first kappa shape index (κ1) is 11.6. The molecule has 0 bridgehead atoms. The largest absolute Gasteiger partial charge is 0.384 e. The van der Waals surface area contributed by atoms with E-state index in [0.717, 1.165) is 29.1 Å². The molecule has 0 spiro atoms. The Bertz CT molecular complexity index is 501. The molecule has 0 amide bonds. The minimum absolute atomic E-state index is 0.537. The van der Waals surface area contributed by atoms with Gasteiger partial charge in [0.25, 0.3) is 0 Å². The van der Waals surface area contributed by atoms with Crippen molar-refractivity contribution < 1.29 is 0 Å². The zero-order valence-electron chi connectivity index (χ0n) is 10.4. The van der Waals surface area contributed by atoms with Gasteiger partial charge in [0.05, 0.1) is 18.1 Å². The maximum Gasteiger partial charge on any atom is 0.125 e. The van der Waals surface area contributed by atoms with Gasteiger partial charge in [0.1, 0.15) is 5.82 Å². The third-order valence-electron chi connectivity index (χ3n) is 2.66. The molecule has 0 fully saturated rings. The van der Waals surface area contributed by atoms with Crippen LogP contribution in [0.5, 0.6) is 0 Å². The summed E-state index contributed by atoms with van der Waals surface area (Å²) in [5.74, 6) is 1.26. The molecule has 0 saturated heterocycles. The van der Waals surface area contributed by atoms with Crippen LogP contribution in [0, 0.1) is 5.92 Å². The fourth-order valence-electron chi connectivity index (χ4n) is 1.85. The van der Waals surface area contributed by atoms with Gasteiger partial charge in [-0.15, -0.1) is 0 Å². The summed E-state index contributed by atoms with van der Waals surface area (Å²) in [6.45, 7) is 4.34. The summed E-state index contributed by atoms with van der Waals surface area (Å²) in [6.07, 6.45) is 4.29. The number of anilines is 1. The Morgan fingerprint density at radius 3 is 2.71 bits per heavy atom. The van der Waals surface area contributed by atoms with Crippen molar-refractivity contribution in [3.63, 3.8) is 0 Å². The van der Waals surface area contributed by atoms with E-state index >= 15 is 0 Å². The van der Waals surface area contributed by atoms with Gasteiger partial charge in [-0.2, -0.15) is 15.3 Å². The third-order valence-corrected chi connectivity index (χ3v) is 2.66. The number of hydrogen-bond acceptors (Lipinski definition) is 4. The Kier molecular flexibility index (Phi) is 3.08. The number of aromatic nitrogens is 4. The molecular weight excluding hydrogens is 214 g/mol. The van der Waals surface area contributed by atoms with Crippen LogP contribution >= 0.6 is 0 Å². The quantitative estimate of drug-likeness (QED) is 0.872. The number of aryl methyl sites for hydroxylation is 1. The zero-order chi connectivity index (χ0) is 12.4. The monoisotopic (exact) mass is 231 g/mol. The van der Waals surface area contributed by atoms with Crippen LogP contribution in [0.15, 0.2) is 18.5 Å². The predicted molar refractivity (Wildman–Crippen MR) is 67.2 cm³/mol. The summed E-state index contributed by atoms with van der Waals surface area (Å²) in [6, 6.07) is 1.90. The molecule has 5 nitrogen and oxygen atoms in total. The highest BCUT2D eigenvalue weighted by atomic mass is 15.3. The van der Waals surface area contributed by atoms with E-state index in [0.29, 0.717) is 5.92 Å². The second-order valence-corrected chi connectivity index (χ2v) is 4.57. The summed E-state index contributed by atoms with van der Waals surface area (Å²) in [7, 11) is 1.86. The van der Waals surface area contributed by atoms with Crippen LogP contribution in [0.4, 0.5) is 5.82 Å². The van der Waals surface area contributed by atoms with E-state index in [4.69, 9.17) is 5.73 Å². The van der Waals surface area contributed by atoms with E-state index in [9.17, 15) is 0 Å². The Morgan fingerprint density at radius 1 is 1.35 bits per heavy atom. The van der Waals surface area contributed by atoms with E-state index in [1.165, 1.54) is 0 Å². The molecule has 0 radical (unpaired) electrons. The first-order chi connectivity index (χ1) is 8.09. The Labute approximate surface area is 101 Å². The highest BCUT2D eigenvalue weighted by Crippen LogP contribution is 2.27. The number of hydrogen-bond donors (Lipinski definition) is 1. The summed E-state index contributed by atoms with van der Waals surface area (Å²) in [5.41, 5.74) is 9.02. The molecule has 0 aliphatic carbocycles. The van der Waals surface area contributed by atoms with E-state index in [1.54, 1.807) is 17.1 Å². The normalized spacial score (nSPS) is 11.1. The number of nitrogens with zero attached hydrogens (tertiary/aromatic N) is 4. The molecule has 0 aliphatic rings. The van der Waals surface area contributed by atoms with Crippen molar-refractivity contribution in [3.05, 3.63) is 24.0 Å². The summed E-state index contributed by atoms with van der Waals surface area (Å²) >= 11 is 0. The third kappa shape index (κ3) is 2.27. The fraction of sp³-hybridized carbons (Fsp3) is 0.417. The minimum atomic E-state index is 0.537. The Morgan fingerprint density at radius 2 is 2.12 bits per heavy atom. The Balaban J connectivity index is 2.50. The molecule has 2 heterocycles. The lowest BCUT2D eigenvalue weighted by atomic mass is 10.0. The maximum atomic E-state index is 6.05. The average Bonchev–Trinajstić information content (AvgIpc) is 2.58. The molecule has 2 rings (SSSR count). The smallest absolute Gasteiger partial charge is 0.125 e. The predicted octanol–water partition coefficient (Wildman–Crippen LogP) is 1.66. The highest BCUT2D eigenvalue weighted by Gasteiger charge is 2.16. The first-order valence-electron chi connectivity index (χ1n) is 5.68. The number of nitrogens with two attached hydrogens (primary N) is 1. The van der Waals surface area contributed by atoms with Gasteiger partial charge < -0.3 is 5.73 Å². The van der Waals surface area contributed by atoms with Crippen molar-refractivity contribution in [2.45, 2.75) is 20.3 Å². The molecule has 0 aliphatic heterocycles. The number of nitrogen functional groups attached to an aromatic ring is 1. The maximum absolute atomic E-state index is 6.05. The topological polar surface area (TPSA) is 69.6 Å². The fourth-order valence-corrected chi connectivity index (χ4v) is 1.85. The molecule has 90 valence electrons. The van der Waals surface area contributed by atoms with Gasteiger partial charge in [-0.25, -0.2) is 0 Å². The molecule has 0 aromatic carbocycles. The first-order valence-corrected chi connectivity index (χ1v) is 5.68. The average molecular weight is 231 g/mol. The van der Waals surface area contributed by atoms with Crippen molar-refractivity contribution in [3.8, 4) is 11.3 Å². The van der Waals surface area contributed by atoms with Crippen LogP contribution in [0.3, 0.4) is 0 Å². The second kappa shape index (κ2) is 4.53. The summed E-state index contributed by atoms with van der Waals surface area (Å²) in [5, 5.41) is 12.1. The van der Waals surface area contributed by atoms with E-state index < -0.39 is 0 Å². The van der Waals surface area contributed by atoms with Crippen molar-refractivity contribution in [1.29, 1.82) is 0 Å². The van der Waals surface area contributed by atoms with Gasteiger partial charge >= 0.3 is 0 Å². The van der Waals surface area contributed by atoms with Crippen LogP contribution in [-0.4, -0.2) is 20.0 Å². The summed E-state index contributed by atoms with van der Waals surface area (Å²) < 4.78 is 1.72. The molecule has 2 aromatic rings. The van der Waals surface area contributed by atoms with Crippen LogP contribution in [0.25, 0.3) is 11.3 Å². The molecule has 0 saturated carbocycles. The molecule has 0 unspecified atom stereocenters. The second-order valence-electron chi connectivity index (χ2n) is 4.57. The molecule has 2 N–H and O–H groups in total. The van der Waals surface area contributed by atoms with Gasteiger partial charge in [-0.1, -0.05) is 13.8 Å². The van der Waals surface area contributed by atoms with Crippen molar-refractivity contribution in [1.82, 2.24) is 20.0 Å². The standard InChI is InChI=1S/C12H17N5/c1-8(2)6-10-11(16-17(3)12(10)13)9-4-5-14-15-7-9/h4-5,7-8H,6,13H2,1-3H3. The zero-order valence-corrected chi connectivity index (χ0v) is 10.4. The van der Waals surface area contributed by atoms with E-state index in [2.05, 4.69) is 29.1 Å². The van der Waals surface area contributed by atoms with Gasteiger partial charge in [0.2, 0.25) is 0 Å². The summed E-state index contributed by atoms with van der Waals surface area (Å²) in [4.78, 5) is 0. The number of rotatable bonds is 3. The van der Waals surface area contributed by atoms with Crippen molar-refractivity contribution in [2.24, 2.45) is 13.0 Å². The van der Waals surface area contributed by atoms with Crippen molar-refractivity contribution in [2.75, 3.05) is 5.73 Å². The SMILES string of the molecule is CC(C)Cc1c(-c2ccnnc2)nn(C)c1N. The Hall–Kier alpha value is -1.91. The lowest BCUT2D eigenvalue weighted by Gasteiger charge is -2.06. The van der Waals surface area contributed by atoms with Crippen LogP contribution in [0.2, 0.25) is 0 Å². The van der Waals surface area contributed by atoms with Crippen molar-refractivity contribution >= 4 is 5.82 Å². The van der Waals surface area contributed by atoms with Crippen LogP contribution < -0.4 is 5.73 Å². The van der Waals surface area contributed by atoms with Crippen LogP contribution in [-0.2, 0) is 13.5 Å². The van der Waals surface area contributed by atoms with Gasteiger partial charge in [0.15, 0.2) is 0 Å². The van der Waals surface area contributed by atoms with E-state index in [1.807, 2.05) is 13.1 Å². The lowest BCUT2D eigenvalue weighted by Crippen LogP contribution is -2.02. The van der Waals surface area contributed by atoms with Gasteiger partial charge in [-0.05, 0) is 18.4 Å². The lowest BCUT2D eigenvalue weighted by molar-refractivity contribution is 0.648. The van der Waals surface area contributed by atoms with E-state index in [-0.39, 0.29) is 0 Å². The molecule has 17 heavy (non-hydrogen) atoms. The minimum Gasteiger partial charge on any atom is -0.384 e. The van der Waals surface area contributed by atoms with Gasteiger partial charge in [-0.3, -0.25) is 4.68 Å². The van der Waals surface area contributed by atoms with Gasteiger partial charge in [0, 0.05) is 18.2 Å².